The highest BCUT2D eigenvalue weighted by molar-refractivity contribution is 6.09. The molecule has 54 heavy (non-hydrogen) atoms. The fraction of sp³-hybridized carbons (Fsp3) is 0.0204. The third-order valence-electron chi connectivity index (χ3n) is 10.3. The van der Waals surface area contributed by atoms with Crippen LogP contribution in [0.3, 0.4) is 0 Å². The molecule has 0 aliphatic heterocycles. The van der Waals surface area contributed by atoms with Crippen LogP contribution in [0.15, 0.2) is 195 Å². The van der Waals surface area contributed by atoms with Crippen LogP contribution in [0.25, 0.3) is 77.7 Å². The molecule has 0 saturated heterocycles. The van der Waals surface area contributed by atoms with Gasteiger partial charge in [0.05, 0.1) is 11.0 Å². The van der Waals surface area contributed by atoms with E-state index >= 15 is 0 Å². The molecule has 0 radical (unpaired) electrons. The van der Waals surface area contributed by atoms with E-state index in [1.807, 2.05) is 18.3 Å². The van der Waals surface area contributed by atoms with Crippen LogP contribution in [0.4, 0.5) is 0 Å². The van der Waals surface area contributed by atoms with Crippen LogP contribution in [0, 0.1) is 0 Å². The predicted molar refractivity (Wildman–Crippen MR) is 222 cm³/mol. The summed E-state index contributed by atoms with van der Waals surface area (Å²) in [6, 6.07) is 63.7. The summed E-state index contributed by atoms with van der Waals surface area (Å²) < 4.78 is 13.2. The van der Waals surface area contributed by atoms with E-state index in [0.717, 1.165) is 55.9 Å². The van der Waals surface area contributed by atoms with Crippen molar-refractivity contribution in [3.8, 4) is 56.4 Å². The minimum atomic E-state index is 0.753. The Hall–Kier alpha value is -7.24. The first-order chi connectivity index (χ1) is 26.7. The van der Waals surface area contributed by atoms with Crippen molar-refractivity contribution in [1.82, 2.24) is 18.7 Å². The van der Waals surface area contributed by atoms with Gasteiger partial charge < -0.3 is 4.74 Å². The molecule has 5 nitrogen and oxygen atoms in total. The van der Waals surface area contributed by atoms with Crippen LogP contribution >= 0.6 is 0 Å². The Morgan fingerprint density at radius 2 is 1.11 bits per heavy atom. The zero-order valence-corrected chi connectivity index (χ0v) is 29.7. The number of nitrogens with zero attached hydrogens (tertiary/aromatic N) is 4. The van der Waals surface area contributed by atoms with Crippen molar-refractivity contribution in [2.45, 2.75) is 0 Å². The van der Waals surface area contributed by atoms with Crippen LogP contribution in [0.2, 0.25) is 0 Å². The average Bonchev–Trinajstić information content (AvgIpc) is 3.75. The summed E-state index contributed by atoms with van der Waals surface area (Å²) in [4.78, 5) is 5.02. The first-order valence-electron chi connectivity index (χ1n) is 18.2. The van der Waals surface area contributed by atoms with Gasteiger partial charge >= 0.3 is 0 Å². The SMILES string of the molecule is Cn1[cH+]n(-c2cccc(Oc3ccc4c5ccccc5n(-c5cc(-c6c(-c7ccccc7)cccc6-c6ccccc6)ccn5)c4c3)c2)c2ccccc21. The van der Waals surface area contributed by atoms with Gasteiger partial charge in [0.25, 0.3) is 0 Å². The van der Waals surface area contributed by atoms with Gasteiger partial charge in [-0.15, -0.1) is 0 Å². The van der Waals surface area contributed by atoms with Gasteiger partial charge in [0.15, 0.2) is 17.4 Å². The number of hydrogen-bond acceptors (Lipinski definition) is 2. The van der Waals surface area contributed by atoms with Crippen LogP contribution < -0.4 is 4.74 Å². The Morgan fingerprint density at radius 3 is 1.87 bits per heavy atom. The topological polar surface area (TPSA) is 36.9 Å². The molecule has 10 rings (SSSR count). The number of pyridine rings is 1. The number of hydrogen-bond donors (Lipinski definition) is 0. The van der Waals surface area contributed by atoms with Crippen LogP contribution in [-0.2, 0) is 7.05 Å². The van der Waals surface area contributed by atoms with Crippen molar-refractivity contribution < 1.29 is 4.74 Å². The number of imidazole rings is 1. The van der Waals surface area contributed by atoms with Crippen LogP contribution in [0.1, 0.15) is 0 Å². The molecular weight excluding hydrogens is 661 g/mol. The summed E-state index contributed by atoms with van der Waals surface area (Å²) in [7, 11) is 2.07. The first-order valence-corrected chi connectivity index (χ1v) is 18.2. The van der Waals surface area contributed by atoms with Crippen molar-refractivity contribution in [2.24, 2.45) is 7.05 Å². The summed E-state index contributed by atoms with van der Waals surface area (Å²) >= 11 is 0. The van der Waals surface area contributed by atoms with E-state index in [4.69, 9.17) is 9.72 Å². The molecule has 0 amide bonds. The van der Waals surface area contributed by atoms with Gasteiger partial charge in [0.2, 0.25) is 0 Å². The number of fused-ring (bicyclic) bond motifs is 4. The summed E-state index contributed by atoms with van der Waals surface area (Å²) in [5.74, 6) is 2.36. The largest absolute Gasteiger partial charge is 0.456 e. The van der Waals surface area contributed by atoms with Crippen molar-refractivity contribution in [3.05, 3.63) is 195 Å². The molecule has 0 atom stereocenters. The van der Waals surface area contributed by atoms with Gasteiger partial charge in [0, 0.05) is 54.3 Å². The average molecular weight is 696 g/mol. The molecule has 3 aromatic heterocycles. The van der Waals surface area contributed by atoms with Gasteiger partial charge in [-0.05, 0) is 88.0 Å². The minimum Gasteiger partial charge on any atom is -0.456 e. The maximum atomic E-state index is 6.62. The lowest BCUT2D eigenvalue weighted by Crippen LogP contribution is -1.99. The van der Waals surface area contributed by atoms with Crippen LogP contribution in [-0.4, -0.2) is 18.7 Å². The normalized spacial score (nSPS) is 11.4. The predicted octanol–water partition coefficient (Wildman–Crippen LogP) is 12.5. The number of rotatable bonds is 7. The maximum absolute atomic E-state index is 6.62. The number of aromatic nitrogens is 4. The lowest BCUT2D eigenvalue weighted by Gasteiger charge is -2.17. The van der Waals surface area contributed by atoms with Gasteiger partial charge in [-0.25, -0.2) is 9.55 Å². The van der Waals surface area contributed by atoms with E-state index in [1.165, 1.54) is 33.3 Å². The number of benzene rings is 7. The fourth-order valence-corrected chi connectivity index (χ4v) is 7.84. The van der Waals surface area contributed by atoms with Gasteiger partial charge in [0.1, 0.15) is 23.0 Å². The minimum absolute atomic E-state index is 0.753. The quantitative estimate of drug-likeness (QED) is 0.156. The Balaban J connectivity index is 1.10. The molecule has 256 valence electrons. The first kappa shape index (κ1) is 31.5. The van der Waals surface area contributed by atoms with Crippen molar-refractivity contribution in [1.29, 1.82) is 0 Å². The Labute approximate surface area is 313 Å². The molecule has 0 saturated carbocycles. The zero-order valence-electron chi connectivity index (χ0n) is 29.7. The molecular formula is C49H35N4O+. The summed E-state index contributed by atoms with van der Waals surface area (Å²) in [6.07, 6.45) is 4.04. The van der Waals surface area contributed by atoms with Crippen molar-refractivity contribution >= 4 is 32.8 Å². The van der Waals surface area contributed by atoms with E-state index in [0.29, 0.717) is 0 Å². The summed E-state index contributed by atoms with van der Waals surface area (Å²) in [5.41, 5.74) is 12.4. The smallest absolute Gasteiger partial charge is 0.191 e. The van der Waals surface area contributed by atoms with Crippen molar-refractivity contribution in [3.63, 3.8) is 0 Å². The molecule has 0 aliphatic carbocycles. The summed E-state index contributed by atoms with van der Waals surface area (Å²) in [6.45, 7) is 0. The second kappa shape index (κ2) is 13.1. The third-order valence-corrected chi connectivity index (χ3v) is 10.3. The maximum Gasteiger partial charge on any atom is 0.191 e. The van der Waals surface area contributed by atoms with E-state index in [9.17, 15) is 0 Å². The van der Waals surface area contributed by atoms with Gasteiger partial charge in [-0.3, -0.25) is 4.57 Å². The lowest BCUT2D eigenvalue weighted by molar-refractivity contribution is 0.483. The summed E-state index contributed by atoms with van der Waals surface area (Å²) in [5, 5.41) is 2.30. The monoisotopic (exact) mass is 695 g/mol. The van der Waals surface area contributed by atoms with E-state index in [-0.39, 0.29) is 0 Å². The zero-order chi connectivity index (χ0) is 36.0. The Kier molecular flexibility index (Phi) is 7.62. The molecule has 3 heterocycles. The highest BCUT2D eigenvalue weighted by Gasteiger charge is 2.19. The van der Waals surface area contributed by atoms with E-state index in [1.54, 1.807) is 0 Å². The number of aryl methyl sites for hydroxylation is 1. The molecule has 10 aromatic rings. The fourth-order valence-electron chi connectivity index (χ4n) is 7.84. The molecule has 7 aromatic carbocycles. The standard InChI is InChI=1S/C49H35N4O/c1-51-33-52(46-25-11-10-24-45(46)51)37-18-12-19-38(31-37)54-39-26-27-43-42-20-8-9-23-44(42)53(47(43)32-39)48-30-36(28-29-50-48)49-40(34-14-4-2-5-15-34)21-13-22-41(49)35-16-6-3-7-17-35/h2-33H,1H3/q+1. The highest BCUT2D eigenvalue weighted by Crippen LogP contribution is 2.41. The van der Waals surface area contributed by atoms with Gasteiger partial charge in [-0.2, -0.15) is 4.57 Å². The molecule has 5 heteroatoms. The van der Waals surface area contributed by atoms with Crippen molar-refractivity contribution in [2.75, 3.05) is 0 Å². The number of ether oxygens (including phenoxy) is 1. The van der Waals surface area contributed by atoms with E-state index < -0.39 is 0 Å². The number of para-hydroxylation sites is 3. The highest BCUT2D eigenvalue weighted by atomic mass is 16.5. The molecule has 0 spiro atoms. The van der Waals surface area contributed by atoms with E-state index in [2.05, 4.69) is 197 Å². The third kappa shape index (κ3) is 5.42. The molecule has 0 unspecified atom stereocenters. The lowest BCUT2D eigenvalue weighted by atomic mass is 9.88. The molecule has 0 fully saturated rings. The second-order valence-corrected chi connectivity index (χ2v) is 13.6. The Morgan fingerprint density at radius 1 is 0.481 bits per heavy atom. The Bertz CT molecular complexity index is 2920. The second-order valence-electron chi connectivity index (χ2n) is 13.6. The molecule has 0 bridgehead atoms. The van der Waals surface area contributed by atoms with Crippen LogP contribution in [0.5, 0.6) is 11.5 Å². The molecule has 0 aliphatic rings. The van der Waals surface area contributed by atoms with Gasteiger partial charge in [-0.1, -0.05) is 97.1 Å². The molecule has 0 N–H and O–H groups in total.